The first-order chi connectivity index (χ1) is 15.2. The van der Waals surface area contributed by atoms with E-state index in [0.29, 0.717) is 5.41 Å². The van der Waals surface area contributed by atoms with Gasteiger partial charge in [0.1, 0.15) is 0 Å². The number of fused-ring (bicyclic) bond motifs is 1. The number of pyridine rings is 2. The van der Waals surface area contributed by atoms with Gasteiger partial charge in [-0.3, -0.25) is 9.97 Å². The Bertz CT molecular complexity index is 1250. The lowest BCUT2D eigenvalue weighted by atomic mass is 9.72. The molecule has 156 valence electrons. The molecule has 0 amide bonds. The van der Waals surface area contributed by atoms with Crippen molar-refractivity contribution in [3.63, 3.8) is 0 Å². The van der Waals surface area contributed by atoms with Gasteiger partial charge in [0.2, 0.25) is 0 Å². The van der Waals surface area contributed by atoms with E-state index in [9.17, 15) is 0 Å². The molecule has 6 rings (SSSR count). The third-order valence-corrected chi connectivity index (χ3v) is 6.81. The van der Waals surface area contributed by atoms with Gasteiger partial charge in [-0.05, 0) is 63.2 Å². The Morgan fingerprint density at radius 2 is 1.87 bits per heavy atom. The van der Waals surface area contributed by atoms with Crippen molar-refractivity contribution in [3.8, 4) is 22.6 Å². The molecule has 6 nitrogen and oxygen atoms in total. The van der Waals surface area contributed by atoms with Crippen molar-refractivity contribution >= 4 is 16.6 Å². The third kappa shape index (κ3) is 3.27. The highest BCUT2D eigenvalue weighted by molar-refractivity contribution is 5.88. The van der Waals surface area contributed by atoms with E-state index in [-0.39, 0.29) is 0 Å². The van der Waals surface area contributed by atoms with E-state index in [2.05, 4.69) is 49.4 Å². The molecule has 2 fully saturated rings. The second-order valence-electron chi connectivity index (χ2n) is 9.00. The minimum absolute atomic E-state index is 0.507. The van der Waals surface area contributed by atoms with Crippen LogP contribution in [0.25, 0.3) is 33.5 Å². The molecule has 5 heterocycles. The largest absolute Gasteiger partial charge is 0.369 e. The molecule has 0 unspecified atom stereocenters. The smallest absolute Gasteiger partial charge is 0.0977 e. The Hall–Kier alpha value is -3.25. The molecule has 0 atom stereocenters. The summed E-state index contributed by atoms with van der Waals surface area (Å²) in [5.74, 6) is 0. The van der Waals surface area contributed by atoms with Crippen LogP contribution in [0.5, 0.6) is 0 Å². The van der Waals surface area contributed by atoms with Crippen LogP contribution < -0.4 is 10.2 Å². The summed E-state index contributed by atoms with van der Waals surface area (Å²) in [6, 6.07) is 14.7. The molecule has 4 aromatic rings. The molecule has 0 aliphatic carbocycles. The number of hydrogen-bond acceptors (Lipinski definition) is 5. The third-order valence-electron chi connectivity index (χ3n) is 6.81. The first-order valence-electron chi connectivity index (χ1n) is 11.0. The highest BCUT2D eigenvalue weighted by Crippen LogP contribution is 2.41. The maximum absolute atomic E-state index is 4.74. The molecule has 6 heteroatoms. The predicted molar refractivity (Wildman–Crippen MR) is 124 cm³/mol. The van der Waals surface area contributed by atoms with Gasteiger partial charge in [0.05, 0.1) is 40.8 Å². The summed E-state index contributed by atoms with van der Waals surface area (Å²) in [5.41, 5.74) is 7.58. The second-order valence-corrected chi connectivity index (χ2v) is 9.00. The molecule has 0 saturated carbocycles. The standard InChI is InChI=1S/C25H26N6/c1-17-3-2-4-22(30-17)24-23(28-16-29-24)18-5-6-21-19(11-18)12-20(13-27-21)31-14-25(15-31)7-9-26-10-8-25/h2-6,11-13,16,26H,7-10,14-15H2,1H3,(H,28,29). The summed E-state index contributed by atoms with van der Waals surface area (Å²) in [7, 11) is 0. The maximum Gasteiger partial charge on any atom is 0.0977 e. The Morgan fingerprint density at radius 1 is 1.00 bits per heavy atom. The van der Waals surface area contributed by atoms with Gasteiger partial charge in [0.15, 0.2) is 0 Å². The number of nitrogens with zero attached hydrogens (tertiary/aromatic N) is 4. The van der Waals surface area contributed by atoms with Gasteiger partial charge in [-0.2, -0.15) is 0 Å². The zero-order valence-electron chi connectivity index (χ0n) is 17.7. The Morgan fingerprint density at radius 3 is 2.71 bits per heavy atom. The number of rotatable bonds is 3. The summed E-state index contributed by atoms with van der Waals surface area (Å²) in [6.45, 7) is 6.59. The summed E-state index contributed by atoms with van der Waals surface area (Å²) >= 11 is 0. The van der Waals surface area contributed by atoms with Crippen molar-refractivity contribution < 1.29 is 0 Å². The van der Waals surface area contributed by atoms with Crippen molar-refractivity contribution in [3.05, 3.63) is 60.7 Å². The molecular formula is C25H26N6. The van der Waals surface area contributed by atoms with Gasteiger partial charge in [-0.15, -0.1) is 0 Å². The first-order valence-corrected chi connectivity index (χ1v) is 11.0. The van der Waals surface area contributed by atoms with E-state index >= 15 is 0 Å². The molecule has 2 aliphatic rings. The topological polar surface area (TPSA) is 69.7 Å². The van der Waals surface area contributed by atoms with Crippen LogP contribution >= 0.6 is 0 Å². The highest BCUT2D eigenvalue weighted by atomic mass is 15.2. The average molecular weight is 411 g/mol. The normalized spacial score (nSPS) is 17.8. The molecule has 3 aromatic heterocycles. The molecule has 0 bridgehead atoms. The molecule has 1 aromatic carbocycles. The fourth-order valence-electron chi connectivity index (χ4n) is 5.05. The Kier molecular flexibility index (Phi) is 4.28. The quantitative estimate of drug-likeness (QED) is 0.530. The summed E-state index contributed by atoms with van der Waals surface area (Å²) in [4.78, 5) is 19.8. The lowest BCUT2D eigenvalue weighted by Gasteiger charge is -2.53. The summed E-state index contributed by atoms with van der Waals surface area (Å²) in [5, 5.41) is 4.63. The molecule has 2 N–H and O–H groups in total. The molecule has 0 radical (unpaired) electrons. The number of benzene rings is 1. The second kappa shape index (κ2) is 7.17. The average Bonchev–Trinajstić information content (AvgIpc) is 3.27. The van der Waals surface area contributed by atoms with Crippen LogP contribution in [-0.2, 0) is 0 Å². The van der Waals surface area contributed by atoms with E-state index in [4.69, 9.17) is 4.98 Å². The lowest BCUT2D eigenvalue weighted by molar-refractivity contribution is 0.150. The van der Waals surface area contributed by atoms with E-state index in [0.717, 1.165) is 65.4 Å². The first kappa shape index (κ1) is 18.5. The molecule has 2 aliphatic heterocycles. The summed E-state index contributed by atoms with van der Waals surface area (Å²) < 4.78 is 0. The number of aromatic nitrogens is 4. The van der Waals surface area contributed by atoms with Crippen molar-refractivity contribution in [1.82, 2.24) is 25.3 Å². The van der Waals surface area contributed by atoms with Crippen LogP contribution in [0.3, 0.4) is 0 Å². The predicted octanol–water partition coefficient (Wildman–Crippen LogP) is 4.19. The van der Waals surface area contributed by atoms with Crippen LogP contribution in [0.1, 0.15) is 18.5 Å². The van der Waals surface area contributed by atoms with Crippen molar-refractivity contribution in [1.29, 1.82) is 0 Å². The van der Waals surface area contributed by atoms with Gasteiger partial charge in [-0.1, -0.05) is 12.1 Å². The van der Waals surface area contributed by atoms with Crippen LogP contribution in [0.2, 0.25) is 0 Å². The van der Waals surface area contributed by atoms with Crippen LogP contribution in [0.15, 0.2) is 55.0 Å². The zero-order valence-corrected chi connectivity index (χ0v) is 17.7. The number of aryl methyl sites for hydroxylation is 1. The Labute approximate surface area is 181 Å². The monoisotopic (exact) mass is 410 g/mol. The van der Waals surface area contributed by atoms with Crippen LogP contribution in [-0.4, -0.2) is 46.1 Å². The number of piperidine rings is 1. The van der Waals surface area contributed by atoms with Crippen molar-refractivity contribution in [2.75, 3.05) is 31.1 Å². The van der Waals surface area contributed by atoms with Gasteiger partial charge in [-0.25, -0.2) is 4.98 Å². The van der Waals surface area contributed by atoms with Gasteiger partial charge >= 0.3 is 0 Å². The number of hydrogen-bond donors (Lipinski definition) is 2. The minimum atomic E-state index is 0.507. The molecule has 2 saturated heterocycles. The number of nitrogens with one attached hydrogen (secondary N) is 2. The number of imidazole rings is 1. The molecular weight excluding hydrogens is 384 g/mol. The van der Waals surface area contributed by atoms with E-state index in [1.54, 1.807) is 6.33 Å². The fourth-order valence-corrected chi connectivity index (χ4v) is 5.05. The van der Waals surface area contributed by atoms with Gasteiger partial charge < -0.3 is 15.2 Å². The van der Waals surface area contributed by atoms with E-state index < -0.39 is 0 Å². The maximum atomic E-state index is 4.74. The molecule has 31 heavy (non-hydrogen) atoms. The lowest BCUT2D eigenvalue weighted by Crippen LogP contribution is -2.60. The minimum Gasteiger partial charge on any atom is -0.369 e. The number of H-pyrrole nitrogens is 1. The number of aromatic amines is 1. The van der Waals surface area contributed by atoms with E-state index in [1.807, 2.05) is 31.3 Å². The van der Waals surface area contributed by atoms with Crippen molar-refractivity contribution in [2.45, 2.75) is 19.8 Å². The number of anilines is 1. The highest BCUT2D eigenvalue weighted by Gasteiger charge is 2.43. The van der Waals surface area contributed by atoms with Gasteiger partial charge in [0.25, 0.3) is 0 Å². The summed E-state index contributed by atoms with van der Waals surface area (Å²) in [6.07, 6.45) is 6.33. The zero-order chi connectivity index (χ0) is 20.8. The van der Waals surface area contributed by atoms with Crippen LogP contribution in [0.4, 0.5) is 5.69 Å². The van der Waals surface area contributed by atoms with Crippen molar-refractivity contribution in [2.24, 2.45) is 5.41 Å². The van der Waals surface area contributed by atoms with Crippen LogP contribution in [0, 0.1) is 12.3 Å². The van der Waals surface area contributed by atoms with E-state index in [1.165, 1.54) is 18.5 Å². The SMILES string of the molecule is Cc1cccc(-c2[nH]cnc2-c2ccc3ncc(N4CC5(CCNCC5)C4)cc3c2)n1. The Balaban J connectivity index is 1.32. The van der Waals surface area contributed by atoms with Gasteiger partial charge in [0, 0.05) is 35.1 Å². The fraction of sp³-hybridized carbons (Fsp3) is 0.320. The molecule has 1 spiro atoms.